The van der Waals surface area contributed by atoms with Crippen molar-refractivity contribution in [1.82, 2.24) is 5.32 Å². The Labute approximate surface area is 181 Å². The summed E-state index contributed by atoms with van der Waals surface area (Å²) >= 11 is 4.02. The molecule has 0 fully saturated rings. The fourth-order valence-electron chi connectivity index (χ4n) is 3.49. The lowest BCUT2D eigenvalue weighted by molar-refractivity contribution is -0.141. The van der Waals surface area contributed by atoms with E-state index in [1.807, 2.05) is 32.1 Å². The predicted octanol–water partition coefficient (Wildman–Crippen LogP) is 5.41. The maximum Gasteiger partial charge on any atom is 0.326 e. The molecule has 4 nitrogen and oxygen atoms in total. The summed E-state index contributed by atoms with van der Waals surface area (Å²) < 4.78 is 0. The van der Waals surface area contributed by atoms with Crippen molar-refractivity contribution in [2.45, 2.75) is 66.3 Å². The van der Waals surface area contributed by atoms with Crippen LogP contribution in [0.2, 0.25) is 0 Å². The van der Waals surface area contributed by atoms with Gasteiger partial charge in [-0.05, 0) is 68.8 Å². The number of hydrogen-bond donors (Lipinski definition) is 3. The van der Waals surface area contributed by atoms with Crippen LogP contribution in [0, 0.1) is 5.41 Å². The van der Waals surface area contributed by atoms with Crippen LogP contribution in [0.25, 0.3) is 0 Å². The van der Waals surface area contributed by atoms with Crippen LogP contribution in [-0.2, 0) is 9.59 Å². The maximum atomic E-state index is 12.0. The monoisotopic (exact) mass is 417 g/mol. The molecule has 0 aromatic heterocycles. The van der Waals surface area contributed by atoms with E-state index in [-0.39, 0.29) is 11.8 Å². The van der Waals surface area contributed by atoms with Crippen LogP contribution in [0.3, 0.4) is 0 Å². The fourth-order valence-corrected chi connectivity index (χ4v) is 3.75. The van der Waals surface area contributed by atoms with E-state index >= 15 is 0 Å². The van der Waals surface area contributed by atoms with Crippen molar-refractivity contribution in [2.75, 3.05) is 5.75 Å². The number of carboxylic acids is 1. The molecule has 1 aliphatic rings. The summed E-state index contributed by atoms with van der Waals surface area (Å²) in [5, 5.41) is 11.6. The van der Waals surface area contributed by atoms with Gasteiger partial charge >= 0.3 is 5.97 Å². The molecule has 29 heavy (non-hydrogen) atoms. The number of carbonyl (C=O) groups excluding carboxylic acids is 1. The standard InChI is InChI=1S/C24H35NO3S/c1-17(11-12-20-19(3)10-7-14-24(20,4)5)8-6-9-18(2)16-22(26)25-21(13-15-29)23(27)28/h6,8-9,11-12,16,21,29H,7,10,13-15H2,1-5H3,(H,25,26)(H,27,28)/b9-6+,12-11+,17-8+,18-16+/t21-/m0/s1. The highest BCUT2D eigenvalue weighted by Gasteiger charge is 2.26. The second-order valence-electron chi connectivity index (χ2n) is 8.33. The lowest BCUT2D eigenvalue weighted by Gasteiger charge is -2.32. The first-order chi connectivity index (χ1) is 13.6. The predicted molar refractivity (Wildman–Crippen MR) is 124 cm³/mol. The van der Waals surface area contributed by atoms with E-state index < -0.39 is 17.9 Å². The Balaban J connectivity index is 2.72. The summed E-state index contributed by atoms with van der Waals surface area (Å²) in [6.07, 6.45) is 15.4. The fraction of sp³-hybridized carbons (Fsp3) is 0.500. The van der Waals surface area contributed by atoms with Gasteiger partial charge in [-0.1, -0.05) is 55.4 Å². The largest absolute Gasteiger partial charge is 0.480 e. The number of allylic oxidation sites excluding steroid dienone is 9. The Morgan fingerprint density at radius 1 is 1.24 bits per heavy atom. The maximum absolute atomic E-state index is 12.0. The Morgan fingerprint density at radius 3 is 2.52 bits per heavy atom. The lowest BCUT2D eigenvalue weighted by atomic mass is 9.72. The number of amides is 1. The van der Waals surface area contributed by atoms with E-state index in [0.29, 0.717) is 5.75 Å². The van der Waals surface area contributed by atoms with Crippen molar-refractivity contribution in [1.29, 1.82) is 0 Å². The molecule has 1 atom stereocenters. The van der Waals surface area contributed by atoms with Crippen molar-refractivity contribution >= 4 is 24.5 Å². The summed E-state index contributed by atoms with van der Waals surface area (Å²) in [7, 11) is 0. The van der Waals surface area contributed by atoms with Gasteiger partial charge in [0.1, 0.15) is 6.04 Å². The van der Waals surface area contributed by atoms with Gasteiger partial charge in [0, 0.05) is 6.08 Å². The van der Waals surface area contributed by atoms with Crippen LogP contribution in [-0.4, -0.2) is 28.8 Å². The molecule has 0 saturated heterocycles. The molecular weight excluding hydrogens is 382 g/mol. The van der Waals surface area contributed by atoms with Gasteiger partial charge in [0.05, 0.1) is 0 Å². The molecule has 1 amide bonds. The summed E-state index contributed by atoms with van der Waals surface area (Å²) in [4.78, 5) is 23.1. The minimum absolute atomic E-state index is 0.225. The van der Waals surface area contributed by atoms with E-state index in [2.05, 4.69) is 50.9 Å². The summed E-state index contributed by atoms with van der Waals surface area (Å²) in [6, 6.07) is -0.915. The van der Waals surface area contributed by atoms with Crippen LogP contribution in [0.5, 0.6) is 0 Å². The topological polar surface area (TPSA) is 66.4 Å². The summed E-state index contributed by atoms with van der Waals surface area (Å²) in [6.45, 7) is 10.7. The molecule has 0 aliphatic heterocycles. The molecule has 0 aromatic rings. The molecule has 0 saturated carbocycles. The van der Waals surface area contributed by atoms with Crippen molar-refractivity contribution in [3.05, 3.63) is 58.7 Å². The Hall–Kier alpha value is -2.01. The number of thiol groups is 1. The molecule has 2 N–H and O–H groups in total. The first-order valence-electron chi connectivity index (χ1n) is 10.1. The van der Waals surface area contributed by atoms with Gasteiger partial charge in [-0.2, -0.15) is 12.6 Å². The SMILES string of the molecule is CC1=C(/C=C/C(C)=C/C=C/C(C)=C/C(=O)N[C@@H](CCS)C(=O)O)C(C)(C)CCC1. The van der Waals surface area contributed by atoms with E-state index in [0.717, 1.165) is 11.1 Å². The number of rotatable bonds is 9. The molecule has 1 rings (SSSR count). The zero-order valence-electron chi connectivity index (χ0n) is 18.3. The quantitative estimate of drug-likeness (QED) is 0.267. The first kappa shape index (κ1) is 25.0. The molecule has 5 heteroatoms. The normalized spacial score (nSPS) is 19.1. The molecule has 160 valence electrons. The third-order valence-corrected chi connectivity index (χ3v) is 5.42. The van der Waals surface area contributed by atoms with Gasteiger partial charge < -0.3 is 10.4 Å². The van der Waals surface area contributed by atoms with Crippen LogP contribution in [0.1, 0.15) is 60.3 Å². The van der Waals surface area contributed by atoms with Gasteiger partial charge in [-0.25, -0.2) is 4.79 Å². The Kier molecular flexibility index (Phi) is 10.2. The minimum atomic E-state index is -1.05. The third-order valence-electron chi connectivity index (χ3n) is 5.16. The molecule has 0 unspecified atom stereocenters. The molecule has 0 spiro atoms. The van der Waals surface area contributed by atoms with E-state index in [1.54, 1.807) is 0 Å². The van der Waals surface area contributed by atoms with Crippen LogP contribution < -0.4 is 5.32 Å². The van der Waals surface area contributed by atoms with Crippen molar-refractivity contribution in [3.8, 4) is 0 Å². The average Bonchev–Trinajstić information content (AvgIpc) is 2.60. The Bertz CT molecular complexity index is 754. The molecular formula is C24H35NO3S. The smallest absolute Gasteiger partial charge is 0.326 e. The van der Waals surface area contributed by atoms with Crippen LogP contribution >= 0.6 is 12.6 Å². The van der Waals surface area contributed by atoms with E-state index in [9.17, 15) is 9.59 Å². The summed E-state index contributed by atoms with van der Waals surface area (Å²) in [5.74, 6) is -1.07. The van der Waals surface area contributed by atoms with Gasteiger partial charge in [-0.3, -0.25) is 4.79 Å². The van der Waals surface area contributed by atoms with Crippen LogP contribution in [0.4, 0.5) is 0 Å². The molecule has 1 aliphatic carbocycles. The van der Waals surface area contributed by atoms with Gasteiger partial charge in [0.25, 0.3) is 0 Å². The highest BCUT2D eigenvalue weighted by molar-refractivity contribution is 7.80. The zero-order chi connectivity index (χ0) is 22.0. The Morgan fingerprint density at radius 2 is 1.93 bits per heavy atom. The number of carbonyl (C=O) groups is 2. The van der Waals surface area contributed by atoms with Gasteiger partial charge in [-0.15, -0.1) is 0 Å². The number of aliphatic carboxylic acids is 1. The number of nitrogens with one attached hydrogen (secondary N) is 1. The van der Waals surface area contributed by atoms with Crippen molar-refractivity contribution in [3.63, 3.8) is 0 Å². The third kappa shape index (κ3) is 8.90. The van der Waals surface area contributed by atoms with Crippen LogP contribution in [0.15, 0.2) is 58.7 Å². The second kappa shape index (κ2) is 11.9. The second-order valence-corrected chi connectivity index (χ2v) is 8.78. The molecule has 0 heterocycles. The minimum Gasteiger partial charge on any atom is -0.480 e. The van der Waals surface area contributed by atoms with Crippen molar-refractivity contribution < 1.29 is 14.7 Å². The van der Waals surface area contributed by atoms with E-state index in [1.165, 1.54) is 36.5 Å². The number of carboxylic acid groups (broad SMARTS) is 1. The highest BCUT2D eigenvalue weighted by atomic mass is 32.1. The van der Waals surface area contributed by atoms with Gasteiger partial charge in [0.2, 0.25) is 5.91 Å². The molecule has 0 radical (unpaired) electrons. The zero-order valence-corrected chi connectivity index (χ0v) is 19.2. The lowest BCUT2D eigenvalue weighted by Crippen LogP contribution is -2.40. The number of hydrogen-bond acceptors (Lipinski definition) is 3. The first-order valence-corrected chi connectivity index (χ1v) is 10.8. The van der Waals surface area contributed by atoms with Crippen molar-refractivity contribution in [2.24, 2.45) is 5.41 Å². The molecule has 0 bridgehead atoms. The average molecular weight is 418 g/mol. The van der Waals surface area contributed by atoms with E-state index in [4.69, 9.17) is 5.11 Å². The molecule has 0 aromatic carbocycles. The van der Waals surface area contributed by atoms with Gasteiger partial charge in [0.15, 0.2) is 0 Å². The highest BCUT2D eigenvalue weighted by Crippen LogP contribution is 2.40. The summed E-state index contributed by atoms with van der Waals surface area (Å²) in [5.41, 5.74) is 5.01.